The molecule has 0 saturated heterocycles. The number of rotatable bonds is 8. The molecule has 0 radical (unpaired) electrons. The van der Waals surface area contributed by atoms with Gasteiger partial charge in [-0.2, -0.15) is 0 Å². The molecule has 1 amide bonds. The van der Waals surface area contributed by atoms with Crippen LogP contribution in [0.4, 0.5) is 0 Å². The molecule has 1 aliphatic rings. The molecule has 30 heavy (non-hydrogen) atoms. The van der Waals surface area contributed by atoms with Gasteiger partial charge in [0.2, 0.25) is 5.91 Å². The highest BCUT2D eigenvalue weighted by Gasteiger charge is 2.18. The molecule has 1 aliphatic heterocycles. The molecule has 3 aromatic heterocycles. The van der Waals surface area contributed by atoms with E-state index in [0.717, 1.165) is 55.6 Å². The molecule has 0 saturated carbocycles. The monoisotopic (exact) mass is 406 g/mol. The molecule has 3 aromatic rings. The molecule has 0 unspecified atom stereocenters. The van der Waals surface area contributed by atoms with Crippen molar-refractivity contribution in [3.63, 3.8) is 0 Å². The van der Waals surface area contributed by atoms with E-state index < -0.39 is 0 Å². The zero-order valence-corrected chi connectivity index (χ0v) is 16.9. The topological polar surface area (TPSA) is 89.1 Å². The SMILES string of the molecule is O=C(CCc1cccnc1)NCc1nnc2n1CCN(C/C=C/c1ccco1)CC2. The molecule has 0 aromatic carbocycles. The average Bonchev–Trinajstić information content (AvgIpc) is 3.38. The van der Waals surface area contributed by atoms with Gasteiger partial charge < -0.3 is 14.3 Å². The zero-order chi connectivity index (χ0) is 20.6. The number of fused-ring (bicyclic) bond motifs is 1. The minimum atomic E-state index is 0.00881. The standard InChI is InChI=1S/C22H26N6O2/c29-22(8-7-18-4-1-10-23-16-18)24-17-21-26-25-20-9-12-27(13-14-28(20)21)11-2-5-19-6-3-15-30-19/h1-6,10,15-16H,7-9,11-14,17H2,(H,24,29)/b5-2+. The highest BCUT2D eigenvalue weighted by atomic mass is 16.3. The summed E-state index contributed by atoms with van der Waals surface area (Å²) in [5.74, 6) is 2.66. The van der Waals surface area contributed by atoms with E-state index in [9.17, 15) is 4.79 Å². The van der Waals surface area contributed by atoms with Gasteiger partial charge in [0, 0.05) is 51.4 Å². The third kappa shape index (κ3) is 5.42. The van der Waals surface area contributed by atoms with Crippen LogP contribution >= 0.6 is 0 Å². The highest BCUT2D eigenvalue weighted by molar-refractivity contribution is 5.76. The van der Waals surface area contributed by atoms with Gasteiger partial charge in [0.1, 0.15) is 11.6 Å². The molecule has 156 valence electrons. The summed E-state index contributed by atoms with van der Waals surface area (Å²) in [6, 6.07) is 7.69. The van der Waals surface area contributed by atoms with Crippen molar-refractivity contribution in [2.24, 2.45) is 0 Å². The third-order valence-electron chi connectivity index (χ3n) is 5.19. The number of furan rings is 1. The average molecular weight is 406 g/mol. The summed E-state index contributed by atoms with van der Waals surface area (Å²) in [5, 5.41) is 11.6. The Morgan fingerprint density at radius 2 is 2.17 bits per heavy atom. The highest BCUT2D eigenvalue weighted by Crippen LogP contribution is 2.10. The van der Waals surface area contributed by atoms with Gasteiger partial charge in [0.25, 0.3) is 0 Å². The lowest BCUT2D eigenvalue weighted by Crippen LogP contribution is -2.28. The van der Waals surface area contributed by atoms with Crippen LogP contribution in [0.3, 0.4) is 0 Å². The maximum Gasteiger partial charge on any atom is 0.220 e. The van der Waals surface area contributed by atoms with Gasteiger partial charge >= 0.3 is 0 Å². The summed E-state index contributed by atoms with van der Waals surface area (Å²) >= 11 is 0. The summed E-state index contributed by atoms with van der Waals surface area (Å²) < 4.78 is 7.46. The Morgan fingerprint density at radius 1 is 1.20 bits per heavy atom. The number of pyridine rings is 1. The molecule has 4 heterocycles. The minimum absolute atomic E-state index is 0.00881. The normalized spacial score (nSPS) is 14.5. The van der Waals surface area contributed by atoms with Crippen LogP contribution in [0.5, 0.6) is 0 Å². The Bertz CT molecular complexity index is 965. The van der Waals surface area contributed by atoms with Gasteiger partial charge in [-0.25, -0.2) is 0 Å². The number of hydrogen-bond donors (Lipinski definition) is 1. The maximum absolute atomic E-state index is 12.2. The van der Waals surface area contributed by atoms with E-state index in [4.69, 9.17) is 4.42 Å². The minimum Gasteiger partial charge on any atom is -0.465 e. The van der Waals surface area contributed by atoms with Crippen molar-refractivity contribution >= 4 is 12.0 Å². The van der Waals surface area contributed by atoms with Gasteiger partial charge in [-0.05, 0) is 36.3 Å². The first-order valence-corrected chi connectivity index (χ1v) is 10.3. The first-order valence-electron chi connectivity index (χ1n) is 10.3. The first-order chi connectivity index (χ1) is 14.8. The van der Waals surface area contributed by atoms with Crippen molar-refractivity contribution in [1.29, 1.82) is 0 Å². The van der Waals surface area contributed by atoms with E-state index >= 15 is 0 Å². The number of amides is 1. The number of hydrogen-bond acceptors (Lipinski definition) is 6. The molecule has 4 rings (SSSR count). The predicted molar refractivity (Wildman–Crippen MR) is 112 cm³/mol. The Balaban J connectivity index is 1.25. The number of nitrogens with zero attached hydrogens (tertiary/aromatic N) is 5. The van der Waals surface area contributed by atoms with Crippen molar-refractivity contribution in [3.8, 4) is 0 Å². The molecular weight excluding hydrogens is 380 g/mol. The Kier molecular flexibility index (Phi) is 6.66. The van der Waals surface area contributed by atoms with Crippen LogP contribution in [0, 0.1) is 0 Å². The van der Waals surface area contributed by atoms with Crippen LogP contribution < -0.4 is 5.32 Å². The summed E-state index contributed by atoms with van der Waals surface area (Å²) in [6.07, 6.45) is 11.3. The van der Waals surface area contributed by atoms with Crippen molar-refractivity contribution in [3.05, 3.63) is 72.0 Å². The summed E-state index contributed by atoms with van der Waals surface area (Å²) in [7, 11) is 0. The van der Waals surface area contributed by atoms with E-state index in [1.165, 1.54) is 0 Å². The predicted octanol–water partition coefficient (Wildman–Crippen LogP) is 2.09. The fraction of sp³-hybridized carbons (Fsp3) is 0.364. The fourth-order valence-electron chi connectivity index (χ4n) is 3.51. The van der Waals surface area contributed by atoms with Gasteiger partial charge in [-0.3, -0.25) is 14.7 Å². The Morgan fingerprint density at radius 3 is 3.00 bits per heavy atom. The van der Waals surface area contributed by atoms with Crippen molar-refractivity contribution in [2.75, 3.05) is 19.6 Å². The van der Waals surface area contributed by atoms with E-state index in [2.05, 4.69) is 36.0 Å². The summed E-state index contributed by atoms with van der Waals surface area (Å²) in [4.78, 5) is 18.7. The molecular formula is C22H26N6O2. The molecule has 1 N–H and O–H groups in total. The lowest BCUT2D eigenvalue weighted by molar-refractivity contribution is -0.121. The molecule has 0 bridgehead atoms. The summed E-state index contributed by atoms with van der Waals surface area (Å²) in [5.41, 5.74) is 1.06. The second-order valence-corrected chi connectivity index (χ2v) is 7.29. The lowest BCUT2D eigenvalue weighted by Gasteiger charge is -2.17. The quantitative estimate of drug-likeness (QED) is 0.616. The van der Waals surface area contributed by atoms with Crippen LogP contribution in [0.25, 0.3) is 6.08 Å². The van der Waals surface area contributed by atoms with E-state index in [1.807, 2.05) is 30.3 Å². The van der Waals surface area contributed by atoms with E-state index in [0.29, 0.717) is 19.4 Å². The second kappa shape index (κ2) is 9.98. The number of carbonyl (C=O) groups excluding carboxylic acids is 1. The van der Waals surface area contributed by atoms with Crippen LogP contribution in [0.15, 0.2) is 53.4 Å². The number of carbonyl (C=O) groups is 1. The van der Waals surface area contributed by atoms with Gasteiger partial charge in [0.05, 0.1) is 12.8 Å². The molecule has 0 atom stereocenters. The lowest BCUT2D eigenvalue weighted by atomic mass is 10.1. The molecule has 8 nitrogen and oxygen atoms in total. The molecule has 0 fully saturated rings. The van der Waals surface area contributed by atoms with Crippen LogP contribution in [0.2, 0.25) is 0 Å². The van der Waals surface area contributed by atoms with Crippen molar-refractivity contribution < 1.29 is 9.21 Å². The Labute approximate surface area is 175 Å². The van der Waals surface area contributed by atoms with Crippen LogP contribution in [-0.2, 0) is 30.7 Å². The van der Waals surface area contributed by atoms with E-state index in [-0.39, 0.29) is 5.91 Å². The molecule has 0 spiro atoms. The smallest absolute Gasteiger partial charge is 0.220 e. The van der Waals surface area contributed by atoms with Gasteiger partial charge in [-0.1, -0.05) is 12.1 Å². The molecule has 0 aliphatic carbocycles. The second-order valence-electron chi connectivity index (χ2n) is 7.29. The number of aryl methyl sites for hydroxylation is 1. The third-order valence-corrected chi connectivity index (χ3v) is 5.19. The van der Waals surface area contributed by atoms with Gasteiger partial charge in [-0.15, -0.1) is 10.2 Å². The van der Waals surface area contributed by atoms with E-state index in [1.54, 1.807) is 18.7 Å². The number of nitrogens with one attached hydrogen (secondary N) is 1. The zero-order valence-electron chi connectivity index (χ0n) is 16.9. The first kappa shape index (κ1) is 20.0. The van der Waals surface area contributed by atoms with Gasteiger partial charge in [0.15, 0.2) is 5.82 Å². The van der Waals surface area contributed by atoms with Crippen LogP contribution in [-0.4, -0.2) is 50.2 Å². The van der Waals surface area contributed by atoms with Crippen LogP contribution in [0.1, 0.15) is 29.4 Å². The van der Waals surface area contributed by atoms with Crippen molar-refractivity contribution in [2.45, 2.75) is 32.4 Å². The van der Waals surface area contributed by atoms with Crippen molar-refractivity contribution in [1.82, 2.24) is 30.0 Å². The largest absolute Gasteiger partial charge is 0.465 e. The Hall–Kier alpha value is -3.26. The fourth-order valence-corrected chi connectivity index (χ4v) is 3.51. The summed E-state index contributed by atoms with van der Waals surface area (Å²) in [6.45, 7) is 3.92. The molecule has 8 heteroatoms. The maximum atomic E-state index is 12.2. The number of aromatic nitrogens is 4.